The SMILES string of the molecule is Cc1c(F)cc(N)cc1S(=O)(=O)Nc1cc(Cl)ccc1F. The van der Waals surface area contributed by atoms with Crippen LogP contribution in [0.25, 0.3) is 0 Å². The van der Waals surface area contributed by atoms with Gasteiger partial charge in [0.15, 0.2) is 0 Å². The molecule has 2 rings (SSSR count). The molecule has 3 N–H and O–H groups in total. The van der Waals surface area contributed by atoms with E-state index in [4.69, 9.17) is 17.3 Å². The molecule has 0 saturated heterocycles. The van der Waals surface area contributed by atoms with Crippen molar-refractivity contribution in [3.63, 3.8) is 0 Å². The largest absolute Gasteiger partial charge is 0.399 e. The highest BCUT2D eigenvalue weighted by molar-refractivity contribution is 7.92. The average molecular weight is 333 g/mol. The zero-order valence-corrected chi connectivity index (χ0v) is 12.4. The van der Waals surface area contributed by atoms with Gasteiger partial charge in [0.25, 0.3) is 10.0 Å². The van der Waals surface area contributed by atoms with Gasteiger partial charge in [0.2, 0.25) is 0 Å². The summed E-state index contributed by atoms with van der Waals surface area (Å²) in [6, 6.07) is 5.52. The van der Waals surface area contributed by atoms with E-state index in [2.05, 4.69) is 0 Å². The lowest BCUT2D eigenvalue weighted by Gasteiger charge is -2.12. The van der Waals surface area contributed by atoms with Crippen LogP contribution in [0.5, 0.6) is 0 Å². The third-order valence-electron chi connectivity index (χ3n) is 2.78. The number of nitrogens with two attached hydrogens (primary N) is 1. The van der Waals surface area contributed by atoms with E-state index in [-0.39, 0.29) is 26.9 Å². The molecular weight excluding hydrogens is 322 g/mol. The van der Waals surface area contributed by atoms with E-state index in [9.17, 15) is 17.2 Å². The average Bonchev–Trinajstić information content (AvgIpc) is 2.37. The van der Waals surface area contributed by atoms with Crippen LogP contribution in [0.2, 0.25) is 5.02 Å². The molecule has 0 saturated carbocycles. The lowest BCUT2D eigenvalue weighted by atomic mass is 10.2. The molecule has 0 bridgehead atoms. The molecule has 112 valence electrons. The normalized spacial score (nSPS) is 11.4. The van der Waals surface area contributed by atoms with Crippen LogP contribution < -0.4 is 10.5 Å². The van der Waals surface area contributed by atoms with Crippen LogP contribution in [0.4, 0.5) is 20.2 Å². The van der Waals surface area contributed by atoms with Crippen LogP contribution in [0.15, 0.2) is 35.2 Å². The van der Waals surface area contributed by atoms with Crippen molar-refractivity contribution in [1.82, 2.24) is 0 Å². The molecule has 0 amide bonds. The van der Waals surface area contributed by atoms with Crippen LogP contribution in [0, 0.1) is 18.6 Å². The van der Waals surface area contributed by atoms with Crippen LogP contribution in [0.3, 0.4) is 0 Å². The second-order valence-corrected chi connectivity index (χ2v) is 6.44. The molecule has 2 aromatic rings. The van der Waals surface area contributed by atoms with Gasteiger partial charge in [-0.2, -0.15) is 0 Å². The minimum atomic E-state index is -4.20. The molecule has 0 unspecified atom stereocenters. The molecule has 2 aromatic carbocycles. The van der Waals surface area contributed by atoms with E-state index in [0.717, 1.165) is 24.3 Å². The Morgan fingerprint density at radius 3 is 2.48 bits per heavy atom. The van der Waals surface area contributed by atoms with Crippen molar-refractivity contribution in [1.29, 1.82) is 0 Å². The zero-order valence-electron chi connectivity index (χ0n) is 10.8. The Balaban J connectivity index is 2.51. The van der Waals surface area contributed by atoms with Gasteiger partial charge < -0.3 is 5.73 Å². The number of nitrogens with one attached hydrogen (secondary N) is 1. The highest BCUT2D eigenvalue weighted by Gasteiger charge is 2.21. The van der Waals surface area contributed by atoms with Gasteiger partial charge in [0, 0.05) is 16.3 Å². The van der Waals surface area contributed by atoms with Crippen LogP contribution in [0.1, 0.15) is 5.56 Å². The van der Waals surface area contributed by atoms with Gasteiger partial charge in [-0.25, -0.2) is 17.2 Å². The molecule has 0 atom stereocenters. The third kappa shape index (κ3) is 3.25. The van der Waals surface area contributed by atoms with Gasteiger partial charge in [0.1, 0.15) is 11.6 Å². The predicted octanol–water partition coefficient (Wildman–Crippen LogP) is 3.31. The van der Waals surface area contributed by atoms with E-state index < -0.39 is 21.7 Å². The molecule has 4 nitrogen and oxygen atoms in total. The number of halogens is 3. The van der Waals surface area contributed by atoms with Crippen molar-refractivity contribution in [2.75, 3.05) is 10.5 Å². The van der Waals surface area contributed by atoms with Gasteiger partial charge in [0.05, 0.1) is 10.6 Å². The van der Waals surface area contributed by atoms with Gasteiger partial charge in [-0.1, -0.05) is 11.6 Å². The van der Waals surface area contributed by atoms with Crippen molar-refractivity contribution >= 4 is 33.0 Å². The summed E-state index contributed by atoms with van der Waals surface area (Å²) in [5.74, 6) is -1.56. The lowest BCUT2D eigenvalue weighted by Crippen LogP contribution is -2.16. The van der Waals surface area contributed by atoms with Crippen molar-refractivity contribution in [2.24, 2.45) is 0 Å². The third-order valence-corrected chi connectivity index (χ3v) is 4.51. The quantitative estimate of drug-likeness (QED) is 0.847. The summed E-state index contributed by atoms with van der Waals surface area (Å²) in [5.41, 5.74) is 4.95. The second kappa shape index (κ2) is 5.50. The number of sulfonamides is 1. The zero-order chi connectivity index (χ0) is 15.8. The van der Waals surface area contributed by atoms with Gasteiger partial charge >= 0.3 is 0 Å². The Labute approximate surface area is 125 Å². The molecule has 8 heteroatoms. The van der Waals surface area contributed by atoms with E-state index in [0.29, 0.717) is 0 Å². The summed E-state index contributed by atoms with van der Waals surface area (Å²) < 4.78 is 53.7. The molecule has 0 aliphatic carbocycles. The maximum atomic E-state index is 13.6. The first kappa shape index (κ1) is 15.5. The summed E-state index contributed by atoms with van der Waals surface area (Å²) in [4.78, 5) is -0.362. The first-order valence-corrected chi connectivity index (χ1v) is 7.60. The van der Waals surface area contributed by atoms with Crippen LogP contribution in [-0.4, -0.2) is 8.42 Å². The number of rotatable bonds is 3. The number of nitrogen functional groups attached to an aromatic ring is 1. The van der Waals surface area contributed by atoms with Gasteiger partial charge in [-0.05, 0) is 37.3 Å². The molecule has 21 heavy (non-hydrogen) atoms. The number of anilines is 2. The van der Waals surface area contributed by atoms with Crippen molar-refractivity contribution in [3.8, 4) is 0 Å². The van der Waals surface area contributed by atoms with E-state index >= 15 is 0 Å². The van der Waals surface area contributed by atoms with Crippen molar-refractivity contribution in [3.05, 3.63) is 52.6 Å². The first-order valence-electron chi connectivity index (χ1n) is 5.74. The van der Waals surface area contributed by atoms with E-state index in [1.807, 2.05) is 4.72 Å². The summed E-state index contributed by atoms with van der Waals surface area (Å²) in [5, 5.41) is 0.157. The summed E-state index contributed by atoms with van der Waals surface area (Å²) in [6.45, 7) is 1.29. The Bertz CT molecular complexity index is 810. The smallest absolute Gasteiger partial charge is 0.262 e. The van der Waals surface area contributed by atoms with Crippen LogP contribution in [-0.2, 0) is 10.0 Å². The molecule has 0 aliphatic heterocycles. The highest BCUT2D eigenvalue weighted by Crippen LogP contribution is 2.26. The van der Waals surface area contributed by atoms with Gasteiger partial charge in [-0.3, -0.25) is 4.72 Å². The Morgan fingerprint density at radius 2 is 1.81 bits per heavy atom. The van der Waals surface area contributed by atoms with E-state index in [1.165, 1.54) is 13.0 Å². The number of benzene rings is 2. The predicted molar refractivity (Wildman–Crippen MR) is 77.8 cm³/mol. The molecule has 0 aliphatic rings. The molecule has 0 aromatic heterocycles. The maximum absolute atomic E-state index is 13.6. The summed E-state index contributed by atoms with van der Waals surface area (Å²) in [7, 11) is -4.20. The van der Waals surface area contributed by atoms with Gasteiger partial charge in [-0.15, -0.1) is 0 Å². The minimum absolute atomic E-state index is 0.0509. The highest BCUT2D eigenvalue weighted by atomic mass is 35.5. The maximum Gasteiger partial charge on any atom is 0.262 e. The molecule has 0 fully saturated rings. The Morgan fingerprint density at radius 1 is 1.14 bits per heavy atom. The minimum Gasteiger partial charge on any atom is -0.399 e. The van der Waals surface area contributed by atoms with Crippen molar-refractivity contribution < 1.29 is 17.2 Å². The van der Waals surface area contributed by atoms with E-state index in [1.54, 1.807) is 0 Å². The number of hydrogen-bond donors (Lipinski definition) is 2. The molecule has 0 spiro atoms. The lowest BCUT2D eigenvalue weighted by molar-refractivity contribution is 0.589. The number of hydrogen-bond acceptors (Lipinski definition) is 3. The van der Waals surface area contributed by atoms with Crippen molar-refractivity contribution in [2.45, 2.75) is 11.8 Å². The molecule has 0 heterocycles. The van der Waals surface area contributed by atoms with Crippen LogP contribution >= 0.6 is 11.6 Å². The first-order chi connectivity index (χ1) is 9.70. The monoisotopic (exact) mass is 332 g/mol. The summed E-state index contributed by atoms with van der Waals surface area (Å²) >= 11 is 5.69. The summed E-state index contributed by atoms with van der Waals surface area (Å²) in [6.07, 6.45) is 0. The fourth-order valence-electron chi connectivity index (χ4n) is 1.73. The second-order valence-electron chi connectivity index (χ2n) is 4.36. The molecule has 0 radical (unpaired) electrons. The Kier molecular flexibility index (Phi) is 4.06. The standard InChI is InChI=1S/C13H11ClF2N2O2S/c1-7-11(16)5-9(17)6-13(7)21(19,20)18-12-4-8(14)2-3-10(12)15/h2-6,18H,17H2,1H3. The molecular formula is C13H11ClF2N2O2S. The fourth-order valence-corrected chi connectivity index (χ4v) is 3.25. The Hall–Kier alpha value is -1.86. The fraction of sp³-hybridized carbons (Fsp3) is 0.0769. The topological polar surface area (TPSA) is 72.2 Å².